The number of nitrogens with zero attached hydrogens (tertiary/aromatic N) is 1. The molecule has 2 rings (SSSR count). The van der Waals surface area contributed by atoms with Crippen molar-refractivity contribution < 1.29 is 23.1 Å². The fourth-order valence-corrected chi connectivity index (χ4v) is 2.93. The van der Waals surface area contributed by atoms with Crippen molar-refractivity contribution in [1.82, 2.24) is 5.32 Å². The van der Waals surface area contributed by atoms with Crippen molar-refractivity contribution in [2.75, 3.05) is 25.7 Å². The maximum absolute atomic E-state index is 14.4. The first-order chi connectivity index (χ1) is 13.6. The molecule has 0 aliphatic heterocycles. The topological polar surface area (TPSA) is 58.6 Å². The van der Waals surface area contributed by atoms with E-state index in [0.29, 0.717) is 17.9 Å². The number of carbonyl (C=O) groups is 2. The first-order valence-corrected chi connectivity index (χ1v) is 9.32. The number of amides is 2. The van der Waals surface area contributed by atoms with Crippen molar-refractivity contribution in [3.8, 4) is 11.1 Å². The number of halogens is 2. The summed E-state index contributed by atoms with van der Waals surface area (Å²) in [6, 6.07) is 7.69. The van der Waals surface area contributed by atoms with Crippen LogP contribution < -0.4 is 10.2 Å². The summed E-state index contributed by atoms with van der Waals surface area (Å²) < 4.78 is 32.7. The van der Waals surface area contributed by atoms with Crippen LogP contribution >= 0.6 is 0 Å². The molecule has 0 heterocycles. The highest BCUT2D eigenvalue weighted by molar-refractivity contribution is 6.00. The number of carbonyl (C=O) groups excluding carboxylic acids is 2. The number of hydrogen-bond donors (Lipinski definition) is 1. The molecule has 0 saturated heterocycles. The second-order valence-corrected chi connectivity index (χ2v) is 7.27. The largest absolute Gasteiger partial charge is 0.383 e. The first-order valence-electron chi connectivity index (χ1n) is 9.32. The van der Waals surface area contributed by atoms with Gasteiger partial charge in [-0.05, 0) is 42.8 Å². The first kappa shape index (κ1) is 22.5. The van der Waals surface area contributed by atoms with Crippen LogP contribution in [0.2, 0.25) is 0 Å². The van der Waals surface area contributed by atoms with Gasteiger partial charge in [0.15, 0.2) is 0 Å². The van der Waals surface area contributed by atoms with Crippen LogP contribution in [0.5, 0.6) is 0 Å². The highest BCUT2D eigenvalue weighted by Gasteiger charge is 2.19. The molecule has 2 aromatic rings. The number of benzene rings is 2. The van der Waals surface area contributed by atoms with Crippen LogP contribution in [-0.4, -0.2) is 38.6 Å². The molecule has 0 aromatic heterocycles. The number of nitrogens with one attached hydrogen (secondary N) is 1. The van der Waals surface area contributed by atoms with E-state index in [4.69, 9.17) is 4.74 Å². The summed E-state index contributed by atoms with van der Waals surface area (Å²) in [4.78, 5) is 26.6. The van der Waals surface area contributed by atoms with Crippen molar-refractivity contribution in [2.45, 2.75) is 26.8 Å². The molecule has 0 saturated carbocycles. The zero-order valence-corrected chi connectivity index (χ0v) is 17.3. The van der Waals surface area contributed by atoms with Gasteiger partial charge in [0.25, 0.3) is 5.91 Å². The molecule has 0 spiro atoms. The minimum atomic E-state index is -0.751. The van der Waals surface area contributed by atoms with Crippen LogP contribution in [0.3, 0.4) is 0 Å². The van der Waals surface area contributed by atoms with Gasteiger partial charge in [0.05, 0.1) is 6.61 Å². The molecule has 0 radical (unpaired) electrons. The summed E-state index contributed by atoms with van der Waals surface area (Å²) in [7, 11) is 3.13. The van der Waals surface area contributed by atoms with Crippen LogP contribution in [0.4, 0.5) is 14.5 Å². The molecule has 156 valence electrons. The molecule has 7 heteroatoms. The quantitative estimate of drug-likeness (QED) is 0.759. The van der Waals surface area contributed by atoms with E-state index >= 15 is 0 Å². The molecule has 2 amide bonds. The monoisotopic (exact) mass is 404 g/mol. The van der Waals surface area contributed by atoms with E-state index in [1.165, 1.54) is 24.1 Å². The smallest absolute Gasteiger partial charge is 0.251 e. The molecular weight excluding hydrogens is 378 g/mol. The second kappa shape index (κ2) is 9.60. The summed E-state index contributed by atoms with van der Waals surface area (Å²) in [6.45, 7) is 5.65. The van der Waals surface area contributed by atoms with Gasteiger partial charge in [-0.2, -0.15) is 0 Å². The molecule has 1 unspecified atom stereocenters. The standard InChI is InChI=1S/C22H26F2N2O3/c1-13(2)22(28)26(4)18-9-15(19-7-6-17(23)11-20(19)24)8-16(10-18)21(27)25-14(3)12-29-5/h6-11,13-14H,12H2,1-5H3,(H,25,27). The highest BCUT2D eigenvalue weighted by atomic mass is 19.1. The van der Waals surface area contributed by atoms with Crippen LogP contribution in [0.1, 0.15) is 31.1 Å². The van der Waals surface area contributed by atoms with Crippen molar-refractivity contribution in [3.05, 3.63) is 53.6 Å². The Morgan fingerprint density at radius 2 is 1.79 bits per heavy atom. The minimum Gasteiger partial charge on any atom is -0.383 e. The number of methoxy groups -OCH3 is 1. The zero-order chi connectivity index (χ0) is 21.7. The fraction of sp³-hybridized carbons (Fsp3) is 0.364. The van der Waals surface area contributed by atoms with Gasteiger partial charge in [-0.1, -0.05) is 13.8 Å². The van der Waals surface area contributed by atoms with E-state index in [2.05, 4.69) is 5.32 Å². The molecule has 5 nitrogen and oxygen atoms in total. The number of rotatable bonds is 7. The van der Waals surface area contributed by atoms with Crippen molar-refractivity contribution >= 4 is 17.5 Å². The van der Waals surface area contributed by atoms with Gasteiger partial charge in [-0.25, -0.2) is 8.78 Å². The van der Waals surface area contributed by atoms with E-state index in [0.717, 1.165) is 12.1 Å². The van der Waals surface area contributed by atoms with Crippen LogP contribution in [0.15, 0.2) is 36.4 Å². The third-order valence-electron chi connectivity index (χ3n) is 4.43. The average Bonchev–Trinajstić information content (AvgIpc) is 2.66. The van der Waals surface area contributed by atoms with Gasteiger partial charge in [0.2, 0.25) is 5.91 Å². The van der Waals surface area contributed by atoms with Crippen molar-refractivity contribution in [3.63, 3.8) is 0 Å². The van der Waals surface area contributed by atoms with E-state index in [9.17, 15) is 18.4 Å². The number of ether oxygens (including phenoxy) is 1. The lowest BCUT2D eigenvalue weighted by Gasteiger charge is -2.22. The third kappa shape index (κ3) is 5.60. The Balaban J connectivity index is 2.54. The minimum absolute atomic E-state index is 0.137. The summed E-state index contributed by atoms with van der Waals surface area (Å²) in [6.07, 6.45) is 0. The van der Waals surface area contributed by atoms with Crippen LogP contribution in [-0.2, 0) is 9.53 Å². The molecule has 1 atom stereocenters. The molecule has 1 N–H and O–H groups in total. The maximum Gasteiger partial charge on any atom is 0.251 e. The predicted molar refractivity (Wildman–Crippen MR) is 109 cm³/mol. The number of hydrogen-bond acceptors (Lipinski definition) is 3. The Labute approximate surface area is 169 Å². The molecular formula is C22H26F2N2O3. The Morgan fingerprint density at radius 1 is 1.10 bits per heavy atom. The van der Waals surface area contributed by atoms with Gasteiger partial charge < -0.3 is 15.0 Å². The highest BCUT2D eigenvalue weighted by Crippen LogP contribution is 2.29. The van der Waals surface area contributed by atoms with Crippen molar-refractivity contribution in [1.29, 1.82) is 0 Å². The molecule has 29 heavy (non-hydrogen) atoms. The summed E-state index contributed by atoms with van der Waals surface area (Å²) >= 11 is 0. The van der Waals surface area contributed by atoms with E-state index in [-0.39, 0.29) is 34.9 Å². The third-order valence-corrected chi connectivity index (χ3v) is 4.43. The fourth-order valence-electron chi connectivity index (χ4n) is 2.93. The summed E-state index contributed by atoms with van der Waals surface area (Å²) in [5.74, 6) is -2.24. The maximum atomic E-state index is 14.4. The second-order valence-electron chi connectivity index (χ2n) is 7.27. The van der Waals surface area contributed by atoms with Gasteiger partial charge in [-0.15, -0.1) is 0 Å². The molecule has 0 fully saturated rings. The molecule has 0 aliphatic carbocycles. The normalized spacial score (nSPS) is 12.0. The Bertz CT molecular complexity index is 900. The summed E-state index contributed by atoms with van der Waals surface area (Å²) in [5, 5.41) is 2.80. The molecule has 0 bridgehead atoms. The lowest BCUT2D eigenvalue weighted by Crippen LogP contribution is -2.36. The van der Waals surface area contributed by atoms with Crippen molar-refractivity contribution in [2.24, 2.45) is 5.92 Å². The van der Waals surface area contributed by atoms with Gasteiger partial charge in [0, 0.05) is 49.0 Å². The Hall–Kier alpha value is -2.80. The van der Waals surface area contributed by atoms with E-state index in [1.54, 1.807) is 40.0 Å². The Kier molecular flexibility index (Phi) is 7.45. The van der Waals surface area contributed by atoms with Gasteiger partial charge >= 0.3 is 0 Å². The average molecular weight is 404 g/mol. The van der Waals surface area contributed by atoms with Crippen LogP contribution in [0.25, 0.3) is 11.1 Å². The van der Waals surface area contributed by atoms with Gasteiger partial charge in [0.1, 0.15) is 11.6 Å². The molecule has 2 aromatic carbocycles. The van der Waals surface area contributed by atoms with Gasteiger partial charge in [-0.3, -0.25) is 9.59 Å². The van der Waals surface area contributed by atoms with E-state index < -0.39 is 11.6 Å². The van der Waals surface area contributed by atoms with E-state index in [1.807, 2.05) is 0 Å². The zero-order valence-electron chi connectivity index (χ0n) is 17.3. The number of anilines is 1. The predicted octanol–water partition coefficient (Wildman–Crippen LogP) is 4.02. The lowest BCUT2D eigenvalue weighted by molar-refractivity contribution is -0.121. The lowest BCUT2D eigenvalue weighted by atomic mass is 10.00. The Morgan fingerprint density at radius 3 is 2.38 bits per heavy atom. The molecule has 0 aliphatic rings. The van der Waals surface area contributed by atoms with Crippen LogP contribution in [0, 0.1) is 17.6 Å². The summed E-state index contributed by atoms with van der Waals surface area (Å²) in [5.41, 5.74) is 1.20. The SMILES string of the molecule is COCC(C)NC(=O)c1cc(-c2ccc(F)cc2F)cc(N(C)C(=O)C(C)C)c1.